The molecule has 1 heterocycles. The minimum absolute atomic E-state index is 0.297. The predicted molar refractivity (Wildman–Crippen MR) is 78.7 cm³/mol. The van der Waals surface area contributed by atoms with Crippen molar-refractivity contribution in [3.05, 3.63) is 55.7 Å². The maximum Gasteiger partial charge on any atom is 0.0655 e. The standard InChI is InChI=1S/C13H12Br2S/c1-8-6-12(14)9(2)5-11(8)13(15)10-3-4-16-7-10/h3-7,13H,1-2H3. The highest BCUT2D eigenvalue weighted by atomic mass is 79.9. The molecule has 0 bridgehead atoms. The number of alkyl halides is 1. The van der Waals surface area contributed by atoms with Gasteiger partial charge in [0.25, 0.3) is 0 Å². The third-order valence-electron chi connectivity index (χ3n) is 2.66. The maximum atomic E-state index is 3.77. The molecule has 0 spiro atoms. The molecule has 0 aliphatic heterocycles. The molecule has 0 aliphatic carbocycles. The number of rotatable bonds is 2. The van der Waals surface area contributed by atoms with Crippen molar-refractivity contribution in [2.75, 3.05) is 0 Å². The molecule has 16 heavy (non-hydrogen) atoms. The summed E-state index contributed by atoms with van der Waals surface area (Å²) < 4.78 is 1.18. The Hall–Kier alpha value is -0.120. The Morgan fingerprint density at radius 2 is 1.94 bits per heavy atom. The Kier molecular flexibility index (Phi) is 3.88. The fourth-order valence-electron chi connectivity index (χ4n) is 1.68. The summed E-state index contributed by atoms with van der Waals surface area (Å²) in [6.07, 6.45) is 0. The van der Waals surface area contributed by atoms with E-state index in [0.717, 1.165) is 0 Å². The van der Waals surface area contributed by atoms with Gasteiger partial charge in [0.2, 0.25) is 0 Å². The number of halogens is 2. The summed E-state index contributed by atoms with van der Waals surface area (Å²) in [6.45, 7) is 4.28. The summed E-state index contributed by atoms with van der Waals surface area (Å²) in [5, 5.41) is 4.31. The van der Waals surface area contributed by atoms with Gasteiger partial charge in [0.05, 0.1) is 4.83 Å². The van der Waals surface area contributed by atoms with Crippen molar-refractivity contribution >= 4 is 43.2 Å². The van der Waals surface area contributed by atoms with Gasteiger partial charge in [-0.25, -0.2) is 0 Å². The molecule has 2 rings (SSSR count). The van der Waals surface area contributed by atoms with E-state index in [4.69, 9.17) is 0 Å². The third-order valence-corrected chi connectivity index (χ3v) is 5.23. The second kappa shape index (κ2) is 5.03. The molecule has 0 saturated carbocycles. The first-order valence-corrected chi connectivity index (χ1v) is 7.67. The van der Waals surface area contributed by atoms with Gasteiger partial charge in [0, 0.05) is 4.47 Å². The van der Waals surface area contributed by atoms with Gasteiger partial charge < -0.3 is 0 Å². The van der Waals surface area contributed by atoms with Crippen molar-refractivity contribution in [2.24, 2.45) is 0 Å². The molecule has 0 aliphatic rings. The summed E-state index contributed by atoms with van der Waals surface area (Å²) >= 11 is 9.08. The van der Waals surface area contributed by atoms with Crippen molar-refractivity contribution in [2.45, 2.75) is 18.7 Å². The summed E-state index contributed by atoms with van der Waals surface area (Å²) in [6, 6.07) is 6.60. The summed E-state index contributed by atoms with van der Waals surface area (Å²) in [7, 11) is 0. The smallest absolute Gasteiger partial charge is 0.0655 e. The van der Waals surface area contributed by atoms with Gasteiger partial charge in [-0.1, -0.05) is 37.9 Å². The molecular weight excluding hydrogens is 348 g/mol. The van der Waals surface area contributed by atoms with Crippen LogP contribution in [0.15, 0.2) is 33.4 Å². The van der Waals surface area contributed by atoms with Crippen LogP contribution >= 0.6 is 43.2 Å². The van der Waals surface area contributed by atoms with Gasteiger partial charge in [-0.2, -0.15) is 11.3 Å². The Morgan fingerprint density at radius 3 is 2.56 bits per heavy atom. The first-order valence-electron chi connectivity index (χ1n) is 5.02. The van der Waals surface area contributed by atoms with Crippen LogP contribution in [0.25, 0.3) is 0 Å². The Bertz CT molecular complexity index is 489. The van der Waals surface area contributed by atoms with Crippen LogP contribution in [0.4, 0.5) is 0 Å². The maximum absolute atomic E-state index is 3.77. The van der Waals surface area contributed by atoms with Gasteiger partial charge in [-0.05, 0) is 59.0 Å². The number of benzene rings is 1. The fraction of sp³-hybridized carbons (Fsp3) is 0.231. The van der Waals surface area contributed by atoms with E-state index in [1.807, 2.05) is 0 Å². The van der Waals surface area contributed by atoms with Crippen LogP contribution in [0.1, 0.15) is 27.1 Å². The molecule has 1 aromatic heterocycles. The third kappa shape index (κ3) is 2.41. The molecule has 0 nitrogen and oxygen atoms in total. The van der Waals surface area contributed by atoms with Crippen molar-refractivity contribution in [1.82, 2.24) is 0 Å². The molecular formula is C13H12Br2S. The van der Waals surface area contributed by atoms with Crippen LogP contribution in [-0.4, -0.2) is 0 Å². The molecule has 0 N–H and O–H groups in total. The second-order valence-electron chi connectivity index (χ2n) is 3.88. The summed E-state index contributed by atoms with van der Waals surface area (Å²) in [4.78, 5) is 0.297. The normalized spacial score (nSPS) is 12.8. The lowest BCUT2D eigenvalue weighted by molar-refractivity contribution is 1.14. The second-order valence-corrected chi connectivity index (χ2v) is 6.43. The van der Waals surface area contributed by atoms with Crippen LogP contribution in [0.3, 0.4) is 0 Å². The summed E-state index contributed by atoms with van der Waals surface area (Å²) in [5.74, 6) is 0. The number of hydrogen-bond donors (Lipinski definition) is 0. The SMILES string of the molecule is Cc1cc(C(Br)c2ccsc2)c(C)cc1Br. The van der Waals surface area contributed by atoms with E-state index < -0.39 is 0 Å². The highest BCUT2D eigenvalue weighted by Crippen LogP contribution is 2.35. The van der Waals surface area contributed by atoms with Crippen LogP contribution in [0, 0.1) is 13.8 Å². The molecule has 0 saturated heterocycles. The van der Waals surface area contributed by atoms with E-state index in [9.17, 15) is 0 Å². The topological polar surface area (TPSA) is 0 Å². The minimum Gasteiger partial charge on any atom is -0.152 e. The largest absolute Gasteiger partial charge is 0.152 e. The van der Waals surface area contributed by atoms with Crippen molar-refractivity contribution in [3.63, 3.8) is 0 Å². The lowest BCUT2D eigenvalue weighted by Crippen LogP contribution is -1.95. The minimum atomic E-state index is 0.297. The van der Waals surface area contributed by atoms with Crippen molar-refractivity contribution < 1.29 is 0 Å². The quantitative estimate of drug-likeness (QED) is 0.611. The molecule has 2 aromatic rings. The molecule has 1 atom stereocenters. The average Bonchev–Trinajstić information content (AvgIpc) is 2.75. The first-order chi connectivity index (χ1) is 7.59. The monoisotopic (exact) mass is 358 g/mol. The summed E-state index contributed by atoms with van der Waals surface area (Å²) in [5.41, 5.74) is 5.26. The molecule has 1 unspecified atom stereocenters. The Labute approximate surface area is 117 Å². The zero-order valence-electron chi connectivity index (χ0n) is 9.13. The molecule has 84 valence electrons. The van der Waals surface area contributed by atoms with Gasteiger partial charge in [-0.15, -0.1) is 0 Å². The van der Waals surface area contributed by atoms with E-state index in [2.05, 4.69) is 74.7 Å². The van der Waals surface area contributed by atoms with Crippen molar-refractivity contribution in [3.8, 4) is 0 Å². The molecule has 0 radical (unpaired) electrons. The number of thiophene rings is 1. The molecule has 0 fully saturated rings. The first kappa shape index (κ1) is 12.3. The van der Waals surface area contributed by atoms with E-state index in [1.165, 1.54) is 26.7 Å². The lowest BCUT2D eigenvalue weighted by atomic mass is 10.00. The van der Waals surface area contributed by atoms with Crippen molar-refractivity contribution in [1.29, 1.82) is 0 Å². The van der Waals surface area contributed by atoms with Crippen LogP contribution in [0.2, 0.25) is 0 Å². The Balaban J connectivity index is 2.44. The predicted octanol–water partition coefficient (Wildman–Crippen LogP) is 5.61. The zero-order chi connectivity index (χ0) is 11.7. The van der Waals surface area contributed by atoms with E-state index in [-0.39, 0.29) is 0 Å². The zero-order valence-corrected chi connectivity index (χ0v) is 13.1. The average molecular weight is 360 g/mol. The van der Waals surface area contributed by atoms with Crippen LogP contribution in [-0.2, 0) is 0 Å². The lowest BCUT2D eigenvalue weighted by Gasteiger charge is -2.14. The van der Waals surface area contributed by atoms with Gasteiger partial charge in [0.1, 0.15) is 0 Å². The van der Waals surface area contributed by atoms with Gasteiger partial charge >= 0.3 is 0 Å². The molecule has 0 amide bonds. The van der Waals surface area contributed by atoms with E-state index in [1.54, 1.807) is 11.3 Å². The van der Waals surface area contributed by atoms with Crippen LogP contribution in [0.5, 0.6) is 0 Å². The van der Waals surface area contributed by atoms with Crippen LogP contribution < -0.4 is 0 Å². The van der Waals surface area contributed by atoms with Gasteiger partial charge in [0.15, 0.2) is 0 Å². The highest BCUT2D eigenvalue weighted by molar-refractivity contribution is 9.10. The Morgan fingerprint density at radius 1 is 1.19 bits per heavy atom. The highest BCUT2D eigenvalue weighted by Gasteiger charge is 2.14. The number of aryl methyl sites for hydroxylation is 2. The van der Waals surface area contributed by atoms with E-state index >= 15 is 0 Å². The van der Waals surface area contributed by atoms with Gasteiger partial charge in [-0.3, -0.25) is 0 Å². The molecule has 3 heteroatoms. The van der Waals surface area contributed by atoms with E-state index in [0.29, 0.717) is 4.83 Å². The fourth-order valence-corrected chi connectivity index (χ4v) is 3.77. The number of hydrogen-bond acceptors (Lipinski definition) is 1. The molecule has 1 aromatic carbocycles.